The molecule has 0 saturated heterocycles. The molecular formula is C19H20F6O6. The van der Waals surface area contributed by atoms with E-state index in [-0.39, 0.29) is 36.5 Å². The summed E-state index contributed by atoms with van der Waals surface area (Å²) in [5.74, 6) is -2.31. The van der Waals surface area contributed by atoms with Crippen LogP contribution >= 0.6 is 0 Å². The monoisotopic (exact) mass is 458 g/mol. The standard InChI is InChI=1S/C19H20F6O6/c1-4-10-5-12(31-19(23,24)25)6-11-7-14(16(18(20,21)22)30-15(10)11)17(26)29-13(8-27-2)9-28-3/h5-7,13,16H,4,8-9H2,1-3H3/t16-/m0/s1. The minimum absolute atomic E-state index is 0.0475. The zero-order chi connectivity index (χ0) is 23.4. The first kappa shape index (κ1) is 24.8. The van der Waals surface area contributed by atoms with Crippen LogP contribution in [0.3, 0.4) is 0 Å². The van der Waals surface area contributed by atoms with Gasteiger partial charge < -0.3 is 23.7 Å². The smallest absolute Gasteiger partial charge is 0.475 e. The van der Waals surface area contributed by atoms with Gasteiger partial charge in [0.1, 0.15) is 17.6 Å². The van der Waals surface area contributed by atoms with Gasteiger partial charge in [-0.05, 0) is 30.2 Å². The van der Waals surface area contributed by atoms with Crippen LogP contribution in [-0.4, -0.2) is 58.1 Å². The van der Waals surface area contributed by atoms with Gasteiger partial charge in [-0.3, -0.25) is 0 Å². The van der Waals surface area contributed by atoms with Crippen molar-refractivity contribution in [1.82, 2.24) is 0 Å². The van der Waals surface area contributed by atoms with Crippen molar-refractivity contribution < 1.29 is 54.8 Å². The fourth-order valence-corrected chi connectivity index (χ4v) is 2.93. The number of esters is 1. The highest BCUT2D eigenvalue weighted by atomic mass is 19.4. The number of alkyl halides is 6. The van der Waals surface area contributed by atoms with E-state index in [1.54, 1.807) is 0 Å². The lowest BCUT2D eigenvalue weighted by atomic mass is 9.97. The average Bonchev–Trinajstić information content (AvgIpc) is 2.64. The lowest BCUT2D eigenvalue weighted by molar-refractivity contribution is -0.274. The molecule has 1 atom stereocenters. The number of fused-ring (bicyclic) bond motifs is 1. The number of aryl methyl sites for hydroxylation is 1. The van der Waals surface area contributed by atoms with Gasteiger partial charge >= 0.3 is 18.5 Å². The summed E-state index contributed by atoms with van der Waals surface area (Å²) in [7, 11) is 2.59. The van der Waals surface area contributed by atoms with E-state index in [1.807, 2.05) is 0 Å². The van der Waals surface area contributed by atoms with Crippen molar-refractivity contribution in [2.24, 2.45) is 0 Å². The Labute approximate surface area is 173 Å². The molecule has 0 aliphatic carbocycles. The molecule has 31 heavy (non-hydrogen) atoms. The van der Waals surface area contributed by atoms with Crippen LogP contribution in [0.1, 0.15) is 18.1 Å². The third-order valence-corrected chi connectivity index (χ3v) is 4.12. The fourth-order valence-electron chi connectivity index (χ4n) is 2.93. The van der Waals surface area contributed by atoms with Gasteiger partial charge in [-0.25, -0.2) is 4.79 Å². The van der Waals surface area contributed by atoms with Crippen molar-refractivity contribution in [3.05, 3.63) is 28.8 Å². The van der Waals surface area contributed by atoms with Gasteiger partial charge in [-0.15, -0.1) is 13.2 Å². The number of methoxy groups -OCH3 is 2. The Morgan fingerprint density at radius 2 is 1.71 bits per heavy atom. The molecule has 2 rings (SSSR count). The van der Waals surface area contributed by atoms with Crippen LogP contribution in [-0.2, 0) is 25.4 Å². The maximum absolute atomic E-state index is 13.6. The molecule has 6 nitrogen and oxygen atoms in total. The summed E-state index contributed by atoms with van der Waals surface area (Å²) in [5, 5.41) is 0. The van der Waals surface area contributed by atoms with Crippen molar-refractivity contribution >= 4 is 12.0 Å². The maximum Gasteiger partial charge on any atom is 0.573 e. The van der Waals surface area contributed by atoms with Gasteiger partial charge in [-0.2, -0.15) is 13.2 Å². The maximum atomic E-state index is 13.6. The minimum Gasteiger partial charge on any atom is -0.475 e. The van der Waals surface area contributed by atoms with Gasteiger partial charge in [0, 0.05) is 19.8 Å². The van der Waals surface area contributed by atoms with Crippen LogP contribution in [0.4, 0.5) is 26.3 Å². The van der Waals surface area contributed by atoms with E-state index in [2.05, 4.69) is 4.74 Å². The number of ether oxygens (including phenoxy) is 5. The van der Waals surface area contributed by atoms with Crippen LogP contribution in [0.25, 0.3) is 6.08 Å². The first-order valence-corrected chi connectivity index (χ1v) is 8.96. The predicted molar refractivity (Wildman–Crippen MR) is 94.6 cm³/mol. The fraction of sp³-hybridized carbons (Fsp3) is 0.526. The third-order valence-electron chi connectivity index (χ3n) is 4.12. The van der Waals surface area contributed by atoms with Crippen LogP contribution < -0.4 is 9.47 Å². The predicted octanol–water partition coefficient (Wildman–Crippen LogP) is 4.06. The highest BCUT2D eigenvalue weighted by Crippen LogP contribution is 2.42. The summed E-state index contributed by atoms with van der Waals surface area (Å²) in [6.45, 7) is 1.22. The Morgan fingerprint density at radius 3 is 2.19 bits per heavy atom. The Balaban J connectivity index is 2.50. The largest absolute Gasteiger partial charge is 0.573 e. The zero-order valence-corrected chi connectivity index (χ0v) is 16.7. The SMILES string of the molecule is CCc1cc(OC(F)(F)F)cc2c1O[C@H](C(F)(F)F)C(C(=O)OC(COC)COC)=C2. The van der Waals surface area contributed by atoms with Crippen molar-refractivity contribution in [3.63, 3.8) is 0 Å². The van der Waals surface area contributed by atoms with Crippen molar-refractivity contribution in [1.29, 1.82) is 0 Å². The van der Waals surface area contributed by atoms with E-state index in [4.69, 9.17) is 18.9 Å². The number of hydrogen-bond donors (Lipinski definition) is 0. The lowest BCUT2D eigenvalue weighted by Gasteiger charge is -2.30. The minimum atomic E-state index is -5.01. The molecular weight excluding hydrogens is 438 g/mol. The number of rotatable bonds is 8. The first-order valence-electron chi connectivity index (χ1n) is 8.96. The van der Waals surface area contributed by atoms with Gasteiger partial charge in [-0.1, -0.05) is 6.92 Å². The molecule has 0 unspecified atom stereocenters. The molecule has 0 fully saturated rings. The van der Waals surface area contributed by atoms with Gasteiger partial charge in [0.05, 0.1) is 18.8 Å². The normalized spacial score (nSPS) is 16.5. The molecule has 1 aliphatic heterocycles. The Kier molecular flexibility index (Phi) is 7.82. The first-order chi connectivity index (χ1) is 14.4. The highest BCUT2D eigenvalue weighted by Gasteiger charge is 2.49. The number of hydrogen-bond acceptors (Lipinski definition) is 6. The van der Waals surface area contributed by atoms with Crippen LogP contribution in [0.15, 0.2) is 17.7 Å². The molecule has 1 aromatic carbocycles. The molecule has 1 aliphatic rings. The second-order valence-electron chi connectivity index (χ2n) is 6.48. The molecule has 0 amide bonds. The van der Waals surface area contributed by atoms with E-state index in [1.165, 1.54) is 21.1 Å². The Bertz CT molecular complexity index is 811. The van der Waals surface area contributed by atoms with Crippen LogP contribution in [0.2, 0.25) is 0 Å². The molecule has 174 valence electrons. The number of carbonyl (C=O) groups excluding carboxylic acids is 1. The summed E-state index contributed by atoms with van der Waals surface area (Å²) in [4.78, 5) is 12.5. The van der Waals surface area contributed by atoms with Gasteiger partial charge in [0.2, 0.25) is 6.10 Å². The number of carbonyl (C=O) groups is 1. The molecule has 1 heterocycles. The van der Waals surface area contributed by atoms with Crippen molar-refractivity contribution in [2.45, 2.75) is 38.1 Å². The van der Waals surface area contributed by atoms with Crippen LogP contribution in [0.5, 0.6) is 11.5 Å². The summed E-state index contributed by atoms with van der Waals surface area (Å²) >= 11 is 0. The molecule has 0 radical (unpaired) electrons. The zero-order valence-electron chi connectivity index (χ0n) is 16.7. The summed E-state index contributed by atoms with van der Waals surface area (Å²) in [6.07, 6.45) is -12.8. The Hall–Kier alpha value is -2.47. The van der Waals surface area contributed by atoms with Crippen LogP contribution in [0, 0.1) is 0 Å². The van der Waals surface area contributed by atoms with E-state index < -0.39 is 42.0 Å². The van der Waals surface area contributed by atoms with Crippen molar-refractivity contribution in [2.75, 3.05) is 27.4 Å². The highest BCUT2D eigenvalue weighted by molar-refractivity contribution is 5.96. The van der Waals surface area contributed by atoms with E-state index in [9.17, 15) is 31.1 Å². The molecule has 0 aromatic heterocycles. The Morgan fingerprint density at radius 1 is 1.10 bits per heavy atom. The van der Waals surface area contributed by atoms with Crippen molar-refractivity contribution in [3.8, 4) is 11.5 Å². The van der Waals surface area contributed by atoms with E-state index in [0.717, 1.165) is 18.2 Å². The molecule has 1 aromatic rings. The third kappa shape index (κ3) is 6.50. The number of benzene rings is 1. The van der Waals surface area contributed by atoms with E-state index >= 15 is 0 Å². The second-order valence-corrected chi connectivity index (χ2v) is 6.48. The lowest BCUT2D eigenvalue weighted by Crippen LogP contribution is -2.42. The second kappa shape index (κ2) is 9.77. The average molecular weight is 458 g/mol. The van der Waals surface area contributed by atoms with Gasteiger partial charge in [0.15, 0.2) is 0 Å². The molecule has 0 spiro atoms. The molecule has 0 saturated carbocycles. The summed E-state index contributed by atoms with van der Waals surface area (Å²) < 4.78 is 102. The van der Waals surface area contributed by atoms with Gasteiger partial charge in [0.25, 0.3) is 0 Å². The molecule has 12 heteroatoms. The molecule has 0 N–H and O–H groups in total. The quantitative estimate of drug-likeness (QED) is 0.433. The summed E-state index contributed by atoms with van der Waals surface area (Å²) in [5.41, 5.74) is -1.06. The number of halogens is 6. The topological polar surface area (TPSA) is 63.2 Å². The molecule has 0 bridgehead atoms. The summed E-state index contributed by atoms with van der Waals surface area (Å²) in [6, 6.07) is 1.77. The van der Waals surface area contributed by atoms with E-state index in [0.29, 0.717) is 0 Å².